The van der Waals surface area contributed by atoms with Crippen LogP contribution in [0.1, 0.15) is 18.4 Å². The fourth-order valence-corrected chi connectivity index (χ4v) is 4.23. The van der Waals surface area contributed by atoms with Crippen LogP contribution in [0, 0.1) is 12.8 Å². The molecular formula is C16H22N2O2S. The molecule has 5 heteroatoms. The number of nitrogens with zero attached hydrogens (tertiary/aromatic N) is 2. The van der Waals surface area contributed by atoms with Crippen molar-refractivity contribution >= 4 is 20.9 Å². The molecule has 1 atom stereocenters. The molecule has 21 heavy (non-hydrogen) atoms. The SMILES string of the molecule is Cc1cccc2c1ccn2CC1CCCN(S(C)(=O)=O)C1. The third kappa shape index (κ3) is 2.99. The molecule has 0 N–H and O–H groups in total. The van der Waals surface area contributed by atoms with Gasteiger partial charge in [-0.2, -0.15) is 0 Å². The first kappa shape index (κ1) is 14.6. The van der Waals surface area contributed by atoms with Gasteiger partial charge in [-0.05, 0) is 43.4 Å². The zero-order chi connectivity index (χ0) is 15.0. The standard InChI is InChI=1S/C16H22N2O2S/c1-13-5-3-7-16-15(13)8-10-17(16)11-14-6-4-9-18(12-14)21(2,19)20/h3,5,7-8,10,14H,4,6,9,11-12H2,1-2H3. The molecule has 1 aliphatic heterocycles. The van der Waals surface area contributed by atoms with Crippen molar-refractivity contribution in [1.29, 1.82) is 0 Å². The van der Waals surface area contributed by atoms with Gasteiger partial charge in [-0.1, -0.05) is 12.1 Å². The first-order chi connectivity index (χ1) is 9.95. The summed E-state index contributed by atoms with van der Waals surface area (Å²) in [6.07, 6.45) is 5.48. The molecule has 0 amide bonds. The molecule has 1 aromatic heterocycles. The van der Waals surface area contributed by atoms with Gasteiger partial charge in [0.15, 0.2) is 0 Å². The Kier molecular flexibility index (Phi) is 3.80. The number of benzene rings is 1. The molecule has 1 aliphatic rings. The normalized spacial score (nSPS) is 21.0. The summed E-state index contributed by atoms with van der Waals surface area (Å²) in [5.74, 6) is 0.393. The lowest BCUT2D eigenvalue weighted by atomic mass is 9.99. The number of hydrogen-bond acceptors (Lipinski definition) is 2. The van der Waals surface area contributed by atoms with Gasteiger partial charge in [-0.25, -0.2) is 12.7 Å². The molecule has 2 heterocycles. The molecule has 0 aliphatic carbocycles. The van der Waals surface area contributed by atoms with Crippen molar-refractivity contribution in [2.75, 3.05) is 19.3 Å². The summed E-state index contributed by atoms with van der Waals surface area (Å²) < 4.78 is 27.3. The minimum atomic E-state index is -3.06. The molecule has 1 aromatic carbocycles. The largest absolute Gasteiger partial charge is 0.347 e. The number of aromatic nitrogens is 1. The maximum absolute atomic E-state index is 11.7. The highest BCUT2D eigenvalue weighted by Crippen LogP contribution is 2.24. The molecule has 3 rings (SSSR count). The van der Waals surface area contributed by atoms with Gasteiger partial charge in [-0.3, -0.25) is 0 Å². The molecule has 0 radical (unpaired) electrons. The molecule has 0 bridgehead atoms. The van der Waals surface area contributed by atoms with Crippen molar-refractivity contribution in [2.24, 2.45) is 5.92 Å². The molecular weight excluding hydrogens is 284 g/mol. The molecule has 1 saturated heterocycles. The average Bonchev–Trinajstić information content (AvgIpc) is 2.83. The number of piperidine rings is 1. The van der Waals surface area contributed by atoms with Crippen LogP contribution in [0.5, 0.6) is 0 Å². The molecule has 2 aromatic rings. The van der Waals surface area contributed by atoms with Crippen LogP contribution in [-0.4, -0.2) is 36.6 Å². The smallest absolute Gasteiger partial charge is 0.211 e. The van der Waals surface area contributed by atoms with E-state index < -0.39 is 10.0 Å². The summed E-state index contributed by atoms with van der Waals surface area (Å²) in [5.41, 5.74) is 2.53. The number of fused-ring (bicyclic) bond motifs is 1. The minimum Gasteiger partial charge on any atom is -0.347 e. The first-order valence-corrected chi connectivity index (χ1v) is 9.29. The predicted octanol–water partition coefficient (Wildman–Crippen LogP) is 2.62. The van der Waals surface area contributed by atoms with Gasteiger partial charge in [0.2, 0.25) is 10.0 Å². The van der Waals surface area contributed by atoms with Crippen molar-refractivity contribution in [1.82, 2.24) is 8.87 Å². The summed E-state index contributed by atoms with van der Waals surface area (Å²) in [6, 6.07) is 8.50. The van der Waals surface area contributed by atoms with Crippen LogP contribution in [0.2, 0.25) is 0 Å². The highest BCUT2D eigenvalue weighted by molar-refractivity contribution is 7.88. The van der Waals surface area contributed by atoms with Gasteiger partial charge in [0.05, 0.1) is 6.26 Å². The fraction of sp³-hybridized carbons (Fsp3) is 0.500. The highest BCUT2D eigenvalue weighted by Gasteiger charge is 2.26. The van der Waals surface area contributed by atoms with E-state index in [1.165, 1.54) is 22.7 Å². The van der Waals surface area contributed by atoms with E-state index in [-0.39, 0.29) is 0 Å². The maximum atomic E-state index is 11.7. The Labute approximate surface area is 126 Å². The summed E-state index contributed by atoms with van der Waals surface area (Å²) in [5, 5.41) is 1.29. The van der Waals surface area contributed by atoms with Gasteiger partial charge in [0.1, 0.15) is 0 Å². The van der Waals surface area contributed by atoms with Crippen molar-refractivity contribution in [3.63, 3.8) is 0 Å². The second-order valence-electron chi connectivity index (χ2n) is 6.11. The molecule has 0 spiro atoms. The van der Waals surface area contributed by atoms with Crippen LogP contribution >= 0.6 is 0 Å². The monoisotopic (exact) mass is 306 g/mol. The first-order valence-electron chi connectivity index (χ1n) is 7.45. The van der Waals surface area contributed by atoms with Crippen LogP contribution in [-0.2, 0) is 16.6 Å². The van der Waals surface area contributed by atoms with E-state index in [1.54, 1.807) is 4.31 Å². The lowest BCUT2D eigenvalue weighted by Gasteiger charge is -2.31. The average molecular weight is 306 g/mol. The lowest BCUT2D eigenvalue weighted by molar-refractivity contribution is 0.248. The maximum Gasteiger partial charge on any atom is 0.211 e. The minimum absolute atomic E-state index is 0.393. The van der Waals surface area contributed by atoms with Gasteiger partial charge in [0, 0.05) is 36.7 Å². The predicted molar refractivity (Wildman–Crippen MR) is 85.8 cm³/mol. The van der Waals surface area contributed by atoms with E-state index in [4.69, 9.17) is 0 Å². The van der Waals surface area contributed by atoms with Crippen LogP contribution < -0.4 is 0 Å². The lowest BCUT2D eigenvalue weighted by Crippen LogP contribution is -2.40. The van der Waals surface area contributed by atoms with Crippen molar-refractivity contribution < 1.29 is 8.42 Å². The topological polar surface area (TPSA) is 42.3 Å². The van der Waals surface area contributed by atoms with E-state index in [2.05, 4.69) is 42.0 Å². The van der Waals surface area contributed by atoms with Gasteiger partial charge in [-0.15, -0.1) is 0 Å². The Morgan fingerprint density at radius 3 is 2.86 bits per heavy atom. The summed E-state index contributed by atoms with van der Waals surface area (Å²) in [6.45, 7) is 4.32. The van der Waals surface area contributed by atoms with Gasteiger partial charge in [0.25, 0.3) is 0 Å². The zero-order valence-electron chi connectivity index (χ0n) is 12.6. The van der Waals surface area contributed by atoms with E-state index in [9.17, 15) is 8.42 Å². The summed E-state index contributed by atoms with van der Waals surface area (Å²) in [4.78, 5) is 0. The number of sulfonamides is 1. The Morgan fingerprint density at radius 1 is 1.29 bits per heavy atom. The van der Waals surface area contributed by atoms with E-state index in [0.717, 1.165) is 19.4 Å². The Balaban J connectivity index is 1.81. The molecule has 1 unspecified atom stereocenters. The van der Waals surface area contributed by atoms with Crippen molar-refractivity contribution in [3.8, 4) is 0 Å². The van der Waals surface area contributed by atoms with Crippen LogP contribution in [0.4, 0.5) is 0 Å². The Bertz CT molecular complexity index is 749. The highest BCUT2D eigenvalue weighted by atomic mass is 32.2. The van der Waals surface area contributed by atoms with Crippen LogP contribution in [0.3, 0.4) is 0 Å². The van der Waals surface area contributed by atoms with E-state index in [0.29, 0.717) is 19.0 Å². The Morgan fingerprint density at radius 2 is 2.10 bits per heavy atom. The summed E-state index contributed by atoms with van der Waals surface area (Å²) in [7, 11) is -3.06. The second-order valence-corrected chi connectivity index (χ2v) is 8.09. The quantitative estimate of drug-likeness (QED) is 0.875. The molecule has 4 nitrogen and oxygen atoms in total. The second kappa shape index (κ2) is 5.46. The molecule has 114 valence electrons. The molecule has 0 saturated carbocycles. The third-order valence-corrected chi connectivity index (χ3v) is 5.71. The van der Waals surface area contributed by atoms with Gasteiger partial charge >= 0.3 is 0 Å². The van der Waals surface area contributed by atoms with Crippen LogP contribution in [0.15, 0.2) is 30.5 Å². The number of hydrogen-bond donors (Lipinski definition) is 0. The Hall–Kier alpha value is -1.33. The zero-order valence-corrected chi connectivity index (χ0v) is 13.4. The summed E-state index contributed by atoms with van der Waals surface area (Å²) >= 11 is 0. The van der Waals surface area contributed by atoms with Crippen molar-refractivity contribution in [2.45, 2.75) is 26.3 Å². The molecule has 1 fully saturated rings. The van der Waals surface area contributed by atoms with Crippen LogP contribution in [0.25, 0.3) is 10.9 Å². The number of aryl methyl sites for hydroxylation is 1. The van der Waals surface area contributed by atoms with E-state index in [1.807, 2.05) is 0 Å². The fourth-order valence-electron chi connectivity index (χ4n) is 3.29. The third-order valence-electron chi connectivity index (χ3n) is 4.44. The van der Waals surface area contributed by atoms with Crippen molar-refractivity contribution in [3.05, 3.63) is 36.0 Å². The van der Waals surface area contributed by atoms with Gasteiger partial charge < -0.3 is 4.57 Å². The number of rotatable bonds is 3. The van der Waals surface area contributed by atoms with E-state index >= 15 is 0 Å².